The van der Waals surface area contributed by atoms with Crippen molar-refractivity contribution in [1.29, 1.82) is 0 Å². The second kappa shape index (κ2) is 7.25. The van der Waals surface area contributed by atoms with Crippen LogP contribution in [-0.4, -0.2) is 33.8 Å². The molecule has 3 aromatic rings. The summed E-state index contributed by atoms with van der Waals surface area (Å²) in [6.07, 6.45) is 4.08. The molecule has 2 N–H and O–H groups in total. The molecule has 8 heteroatoms. The highest BCUT2D eigenvalue weighted by Crippen LogP contribution is 2.20. The third-order valence-corrected chi connectivity index (χ3v) is 4.24. The minimum Gasteiger partial charge on any atom is -0.441 e. The summed E-state index contributed by atoms with van der Waals surface area (Å²) in [5.41, 5.74) is 2.52. The molecule has 0 aliphatic carbocycles. The first-order chi connectivity index (χ1) is 11.7. The Bertz CT molecular complexity index is 882. The van der Waals surface area contributed by atoms with Crippen molar-refractivity contribution < 1.29 is 9.21 Å². The lowest BCUT2D eigenvalue weighted by Crippen LogP contribution is -2.32. The van der Waals surface area contributed by atoms with Gasteiger partial charge in [0.05, 0.1) is 6.04 Å². The van der Waals surface area contributed by atoms with E-state index in [0.29, 0.717) is 28.9 Å². The predicted molar refractivity (Wildman–Crippen MR) is 97.3 cm³/mol. The quantitative estimate of drug-likeness (QED) is 0.749. The molecule has 1 aliphatic rings. The van der Waals surface area contributed by atoms with Gasteiger partial charge in [-0.05, 0) is 43.7 Å². The number of hydrogen-bond donors (Lipinski definition) is 2. The molecule has 1 amide bonds. The van der Waals surface area contributed by atoms with Crippen molar-refractivity contribution in [2.24, 2.45) is 0 Å². The van der Waals surface area contributed by atoms with E-state index in [1.165, 1.54) is 0 Å². The van der Waals surface area contributed by atoms with Gasteiger partial charge in [0.25, 0.3) is 5.91 Å². The molecule has 1 aliphatic heterocycles. The Hall–Kier alpha value is -2.38. The number of nitrogens with zero attached hydrogens (tertiary/aromatic N) is 3. The maximum absolute atomic E-state index is 12.4. The highest BCUT2D eigenvalue weighted by molar-refractivity contribution is 6.03. The Balaban J connectivity index is 0.00000182. The maximum atomic E-state index is 12.4. The van der Waals surface area contributed by atoms with Crippen molar-refractivity contribution in [2.75, 3.05) is 18.4 Å². The molecule has 1 unspecified atom stereocenters. The van der Waals surface area contributed by atoms with E-state index in [2.05, 4.69) is 20.7 Å². The molecular formula is C17H20ClN5O2. The number of fused-ring (bicyclic) bond motifs is 1. The van der Waals surface area contributed by atoms with Crippen molar-refractivity contribution in [3.63, 3.8) is 0 Å². The molecular weight excluding hydrogens is 342 g/mol. The van der Waals surface area contributed by atoms with E-state index in [1.54, 1.807) is 31.2 Å². The first-order valence-corrected chi connectivity index (χ1v) is 8.13. The number of oxazole rings is 1. The van der Waals surface area contributed by atoms with Crippen LogP contribution in [0.5, 0.6) is 0 Å². The number of aromatic nitrogens is 3. The average Bonchev–Trinajstić information content (AvgIpc) is 3.21. The zero-order chi connectivity index (χ0) is 16.5. The molecule has 3 heterocycles. The number of hydrogen-bond acceptors (Lipinski definition) is 5. The molecule has 0 radical (unpaired) electrons. The highest BCUT2D eigenvalue weighted by Gasteiger charge is 2.18. The van der Waals surface area contributed by atoms with Crippen LogP contribution in [0, 0.1) is 6.92 Å². The minimum atomic E-state index is -0.225. The van der Waals surface area contributed by atoms with Crippen LogP contribution in [0.25, 0.3) is 11.1 Å². The molecule has 7 nitrogen and oxygen atoms in total. The summed E-state index contributed by atoms with van der Waals surface area (Å²) in [6, 6.07) is 7.47. The van der Waals surface area contributed by atoms with Crippen LogP contribution in [0.4, 0.5) is 5.69 Å². The van der Waals surface area contributed by atoms with Gasteiger partial charge in [-0.2, -0.15) is 5.10 Å². The molecule has 2 aromatic heterocycles. The molecule has 132 valence electrons. The van der Waals surface area contributed by atoms with Crippen LogP contribution in [0.3, 0.4) is 0 Å². The Morgan fingerprint density at radius 3 is 3.08 bits per heavy atom. The molecule has 0 saturated carbocycles. The predicted octanol–water partition coefficient (Wildman–Crippen LogP) is 2.93. The number of piperidine rings is 1. The fraction of sp³-hybridized carbons (Fsp3) is 0.353. The number of carbonyl (C=O) groups is 1. The summed E-state index contributed by atoms with van der Waals surface area (Å²) in [5, 5.41) is 10.6. The van der Waals surface area contributed by atoms with Gasteiger partial charge in [-0.25, -0.2) is 4.98 Å². The first-order valence-electron chi connectivity index (χ1n) is 8.13. The number of benzene rings is 1. The summed E-state index contributed by atoms with van der Waals surface area (Å²) in [4.78, 5) is 16.7. The Morgan fingerprint density at radius 2 is 2.28 bits per heavy atom. The Labute approximate surface area is 151 Å². The number of rotatable bonds is 3. The fourth-order valence-electron chi connectivity index (χ4n) is 3.04. The van der Waals surface area contributed by atoms with Crippen LogP contribution in [-0.2, 0) is 0 Å². The van der Waals surface area contributed by atoms with E-state index in [1.807, 2.05) is 10.9 Å². The lowest BCUT2D eigenvalue weighted by atomic mass is 10.1. The largest absolute Gasteiger partial charge is 0.441 e. The van der Waals surface area contributed by atoms with Crippen LogP contribution >= 0.6 is 12.4 Å². The number of aryl methyl sites for hydroxylation is 1. The van der Waals surface area contributed by atoms with Crippen molar-refractivity contribution in [3.8, 4) is 0 Å². The van der Waals surface area contributed by atoms with Gasteiger partial charge >= 0.3 is 0 Å². The van der Waals surface area contributed by atoms with Gasteiger partial charge in [0.1, 0.15) is 5.52 Å². The van der Waals surface area contributed by atoms with Crippen molar-refractivity contribution in [2.45, 2.75) is 25.8 Å². The smallest absolute Gasteiger partial charge is 0.276 e. The summed E-state index contributed by atoms with van der Waals surface area (Å²) < 4.78 is 7.32. The van der Waals surface area contributed by atoms with Crippen molar-refractivity contribution in [3.05, 3.63) is 42.0 Å². The zero-order valence-electron chi connectivity index (χ0n) is 13.9. The van der Waals surface area contributed by atoms with Crippen LogP contribution in [0.1, 0.15) is 35.3 Å². The van der Waals surface area contributed by atoms with Gasteiger partial charge in [0, 0.05) is 25.4 Å². The number of carbonyl (C=O) groups excluding carboxylic acids is 1. The monoisotopic (exact) mass is 361 g/mol. The van der Waals surface area contributed by atoms with Crippen LogP contribution in [0.15, 0.2) is 34.9 Å². The third-order valence-electron chi connectivity index (χ3n) is 4.24. The number of nitrogens with one attached hydrogen (secondary N) is 2. The third kappa shape index (κ3) is 3.67. The van der Waals surface area contributed by atoms with E-state index < -0.39 is 0 Å². The van der Waals surface area contributed by atoms with E-state index in [4.69, 9.17) is 4.42 Å². The zero-order valence-corrected chi connectivity index (χ0v) is 14.7. The van der Waals surface area contributed by atoms with Crippen molar-refractivity contribution in [1.82, 2.24) is 20.1 Å². The summed E-state index contributed by atoms with van der Waals surface area (Å²) >= 11 is 0. The van der Waals surface area contributed by atoms with Gasteiger partial charge in [-0.3, -0.25) is 9.48 Å². The van der Waals surface area contributed by atoms with Gasteiger partial charge in [-0.15, -0.1) is 12.4 Å². The molecule has 1 saturated heterocycles. The molecule has 1 aromatic carbocycles. The van der Waals surface area contributed by atoms with Gasteiger partial charge in [0.15, 0.2) is 17.2 Å². The Kier molecular flexibility index (Phi) is 5.06. The SMILES string of the molecule is Cc1nc2cc(NC(=O)c3ccn(C4CCCNC4)n3)ccc2o1.Cl. The highest BCUT2D eigenvalue weighted by atomic mass is 35.5. The maximum Gasteiger partial charge on any atom is 0.276 e. The normalized spacial score (nSPS) is 17.2. The summed E-state index contributed by atoms with van der Waals surface area (Å²) in [6.45, 7) is 3.74. The van der Waals surface area contributed by atoms with Crippen LogP contribution < -0.4 is 10.6 Å². The van der Waals surface area contributed by atoms with E-state index in [-0.39, 0.29) is 18.3 Å². The molecule has 25 heavy (non-hydrogen) atoms. The standard InChI is InChI=1S/C17H19N5O2.ClH/c1-11-19-15-9-12(4-5-16(15)24-11)20-17(23)14-6-8-22(21-14)13-3-2-7-18-10-13;/h4-6,8-9,13,18H,2-3,7,10H2,1H3,(H,20,23);1H. The summed E-state index contributed by atoms with van der Waals surface area (Å²) in [7, 11) is 0. The fourth-order valence-corrected chi connectivity index (χ4v) is 3.04. The minimum absolute atomic E-state index is 0. The van der Waals surface area contributed by atoms with E-state index in [9.17, 15) is 4.79 Å². The van der Waals surface area contributed by atoms with Crippen molar-refractivity contribution >= 4 is 35.1 Å². The Morgan fingerprint density at radius 1 is 1.40 bits per heavy atom. The molecule has 0 spiro atoms. The van der Waals surface area contributed by atoms with E-state index >= 15 is 0 Å². The molecule has 1 fully saturated rings. The lowest BCUT2D eigenvalue weighted by molar-refractivity contribution is 0.102. The second-order valence-electron chi connectivity index (χ2n) is 6.05. The van der Waals surface area contributed by atoms with E-state index in [0.717, 1.165) is 31.4 Å². The molecule has 4 rings (SSSR count). The van der Waals surface area contributed by atoms with Gasteiger partial charge < -0.3 is 15.1 Å². The summed E-state index contributed by atoms with van der Waals surface area (Å²) in [5.74, 6) is 0.380. The second-order valence-corrected chi connectivity index (χ2v) is 6.05. The number of amides is 1. The molecule has 0 bridgehead atoms. The molecule has 1 atom stereocenters. The van der Waals surface area contributed by atoms with Gasteiger partial charge in [-0.1, -0.05) is 0 Å². The lowest BCUT2D eigenvalue weighted by Gasteiger charge is -2.22. The topological polar surface area (TPSA) is 85.0 Å². The first kappa shape index (κ1) is 17.4. The van der Waals surface area contributed by atoms with Gasteiger partial charge in [0.2, 0.25) is 0 Å². The average molecular weight is 362 g/mol. The number of anilines is 1. The number of halogens is 1. The van der Waals surface area contributed by atoms with Crippen LogP contribution in [0.2, 0.25) is 0 Å².